The zero-order chi connectivity index (χ0) is 15.1. The van der Waals surface area contributed by atoms with E-state index in [1.54, 1.807) is 0 Å². The first-order valence-corrected chi connectivity index (χ1v) is 6.90. The molecule has 1 heterocycles. The van der Waals surface area contributed by atoms with E-state index in [1.807, 2.05) is 6.92 Å². The van der Waals surface area contributed by atoms with Crippen LogP contribution < -0.4 is 10.1 Å². The highest BCUT2D eigenvalue weighted by atomic mass is 16.6. The summed E-state index contributed by atoms with van der Waals surface area (Å²) in [5.74, 6) is 1.31. The Hall–Kier alpha value is -1.85. The molecule has 20 heavy (non-hydrogen) atoms. The normalized spacial score (nSPS) is 12.2. The molecule has 0 fully saturated rings. The van der Waals surface area contributed by atoms with Gasteiger partial charge in [-0.05, 0) is 19.3 Å². The summed E-state index contributed by atoms with van der Waals surface area (Å²) in [4.78, 5) is 14.7. The highest BCUT2D eigenvalue weighted by Crippen LogP contribution is 2.26. The number of nitrogens with one attached hydrogen (secondary N) is 1. The standard InChI is InChI=1S/C14H23N3O3/c1-10(2)6-5-7-11(3)15-14-12(17(18)19)8-9-13(16-14)20-4/h8-11H,5-7H2,1-4H3,(H,15,16). The quantitative estimate of drug-likeness (QED) is 0.581. The second kappa shape index (κ2) is 7.67. The Morgan fingerprint density at radius 1 is 1.35 bits per heavy atom. The van der Waals surface area contributed by atoms with Crippen LogP contribution in [0.4, 0.5) is 11.5 Å². The molecular formula is C14H23N3O3. The predicted molar refractivity (Wildman–Crippen MR) is 79.2 cm³/mol. The number of hydrogen-bond acceptors (Lipinski definition) is 5. The van der Waals surface area contributed by atoms with Crippen molar-refractivity contribution < 1.29 is 9.66 Å². The van der Waals surface area contributed by atoms with Crippen molar-refractivity contribution in [3.8, 4) is 5.88 Å². The molecule has 0 amide bonds. The summed E-state index contributed by atoms with van der Waals surface area (Å²) in [6.45, 7) is 6.38. The zero-order valence-electron chi connectivity index (χ0n) is 12.5. The number of anilines is 1. The third-order valence-corrected chi connectivity index (χ3v) is 3.06. The summed E-state index contributed by atoms with van der Waals surface area (Å²) in [5.41, 5.74) is -0.0264. The first-order valence-electron chi connectivity index (χ1n) is 6.90. The number of hydrogen-bond donors (Lipinski definition) is 1. The molecule has 0 aliphatic heterocycles. The van der Waals surface area contributed by atoms with Crippen molar-refractivity contribution in [3.05, 3.63) is 22.2 Å². The van der Waals surface area contributed by atoms with Crippen molar-refractivity contribution in [1.29, 1.82) is 0 Å². The smallest absolute Gasteiger partial charge is 0.311 e. The molecule has 1 atom stereocenters. The Labute approximate surface area is 119 Å². The lowest BCUT2D eigenvalue weighted by atomic mass is 10.0. The van der Waals surface area contributed by atoms with Crippen molar-refractivity contribution >= 4 is 11.5 Å². The van der Waals surface area contributed by atoms with Crippen molar-refractivity contribution in [2.75, 3.05) is 12.4 Å². The highest BCUT2D eigenvalue weighted by molar-refractivity contribution is 5.57. The van der Waals surface area contributed by atoms with Crippen LogP contribution in [0.15, 0.2) is 12.1 Å². The fraction of sp³-hybridized carbons (Fsp3) is 0.643. The lowest BCUT2D eigenvalue weighted by molar-refractivity contribution is -0.384. The molecule has 6 nitrogen and oxygen atoms in total. The van der Waals surface area contributed by atoms with Gasteiger partial charge in [0.2, 0.25) is 11.7 Å². The molecule has 0 bridgehead atoms. The lowest BCUT2D eigenvalue weighted by Gasteiger charge is -2.15. The van der Waals surface area contributed by atoms with Gasteiger partial charge in [0.25, 0.3) is 0 Å². The Kier molecular flexibility index (Phi) is 6.21. The molecule has 1 N–H and O–H groups in total. The van der Waals surface area contributed by atoms with Gasteiger partial charge >= 0.3 is 5.69 Å². The number of rotatable bonds is 8. The van der Waals surface area contributed by atoms with E-state index >= 15 is 0 Å². The zero-order valence-corrected chi connectivity index (χ0v) is 12.5. The predicted octanol–water partition coefficient (Wildman–Crippen LogP) is 3.63. The number of nitrogens with zero attached hydrogens (tertiary/aromatic N) is 2. The first-order chi connectivity index (χ1) is 9.43. The number of pyridine rings is 1. The molecule has 1 unspecified atom stereocenters. The number of ether oxygens (including phenoxy) is 1. The van der Waals surface area contributed by atoms with E-state index in [1.165, 1.54) is 19.2 Å². The minimum atomic E-state index is -0.435. The van der Waals surface area contributed by atoms with Gasteiger partial charge in [0.15, 0.2) is 0 Å². The van der Waals surface area contributed by atoms with Gasteiger partial charge in [0.1, 0.15) is 0 Å². The van der Waals surface area contributed by atoms with Crippen LogP contribution in [0.25, 0.3) is 0 Å². The Morgan fingerprint density at radius 3 is 2.60 bits per heavy atom. The van der Waals surface area contributed by atoms with Crippen LogP contribution in [0, 0.1) is 16.0 Å². The maximum atomic E-state index is 11.0. The third-order valence-electron chi connectivity index (χ3n) is 3.06. The molecule has 0 aromatic carbocycles. The van der Waals surface area contributed by atoms with Crippen LogP contribution in [0.3, 0.4) is 0 Å². The molecule has 0 saturated carbocycles. The Balaban J connectivity index is 2.71. The molecule has 1 aromatic heterocycles. The maximum Gasteiger partial charge on any atom is 0.311 e. The average molecular weight is 281 g/mol. The van der Waals surface area contributed by atoms with Gasteiger partial charge < -0.3 is 10.1 Å². The fourth-order valence-electron chi connectivity index (χ4n) is 1.94. The first kappa shape index (κ1) is 16.2. The Bertz CT molecular complexity index is 449. The van der Waals surface area contributed by atoms with E-state index in [9.17, 15) is 10.1 Å². The summed E-state index contributed by atoms with van der Waals surface area (Å²) in [6, 6.07) is 3.04. The van der Waals surface area contributed by atoms with E-state index in [0.717, 1.165) is 19.3 Å². The average Bonchev–Trinajstić information content (AvgIpc) is 2.37. The molecule has 0 aliphatic rings. The summed E-state index contributed by atoms with van der Waals surface area (Å²) >= 11 is 0. The molecule has 0 aliphatic carbocycles. The van der Waals surface area contributed by atoms with Crippen molar-refractivity contribution in [3.63, 3.8) is 0 Å². The van der Waals surface area contributed by atoms with Gasteiger partial charge in [-0.2, -0.15) is 4.98 Å². The summed E-state index contributed by atoms with van der Waals surface area (Å²) < 4.78 is 5.01. The number of nitro groups is 1. The molecule has 0 spiro atoms. The monoisotopic (exact) mass is 281 g/mol. The minimum absolute atomic E-state index is 0.0264. The van der Waals surface area contributed by atoms with Gasteiger partial charge in [-0.15, -0.1) is 0 Å². The lowest BCUT2D eigenvalue weighted by Crippen LogP contribution is -2.17. The SMILES string of the molecule is COc1ccc([N+](=O)[O-])c(NC(C)CCCC(C)C)n1. The molecule has 1 aromatic rings. The maximum absolute atomic E-state index is 11.0. The van der Waals surface area contributed by atoms with E-state index < -0.39 is 4.92 Å². The number of methoxy groups -OCH3 is 1. The molecule has 0 saturated heterocycles. The summed E-state index contributed by atoms with van der Waals surface area (Å²) in [6.07, 6.45) is 3.19. The van der Waals surface area contributed by atoms with Crippen LogP contribution >= 0.6 is 0 Å². The van der Waals surface area contributed by atoms with Crippen LogP contribution in [-0.2, 0) is 0 Å². The molecule has 6 heteroatoms. The van der Waals surface area contributed by atoms with E-state index in [0.29, 0.717) is 11.8 Å². The van der Waals surface area contributed by atoms with Gasteiger partial charge in [-0.25, -0.2) is 0 Å². The van der Waals surface area contributed by atoms with Gasteiger partial charge in [-0.3, -0.25) is 10.1 Å². The number of aromatic nitrogens is 1. The van der Waals surface area contributed by atoms with Gasteiger partial charge in [0, 0.05) is 18.2 Å². The van der Waals surface area contributed by atoms with Gasteiger partial charge in [-0.1, -0.05) is 26.7 Å². The van der Waals surface area contributed by atoms with E-state index in [-0.39, 0.29) is 17.5 Å². The minimum Gasteiger partial charge on any atom is -0.481 e. The molecular weight excluding hydrogens is 258 g/mol. The van der Waals surface area contributed by atoms with E-state index in [4.69, 9.17) is 4.74 Å². The van der Waals surface area contributed by atoms with Crippen LogP contribution in [0.1, 0.15) is 40.0 Å². The molecule has 1 rings (SSSR count). The third kappa shape index (κ3) is 5.03. The second-order valence-electron chi connectivity index (χ2n) is 5.35. The molecule has 0 radical (unpaired) electrons. The summed E-state index contributed by atoms with van der Waals surface area (Å²) in [5, 5.41) is 14.1. The topological polar surface area (TPSA) is 77.3 Å². The van der Waals surface area contributed by atoms with E-state index in [2.05, 4.69) is 24.1 Å². The van der Waals surface area contributed by atoms with Crippen LogP contribution in [0.5, 0.6) is 5.88 Å². The highest BCUT2D eigenvalue weighted by Gasteiger charge is 2.18. The second-order valence-corrected chi connectivity index (χ2v) is 5.35. The van der Waals surface area contributed by atoms with Crippen molar-refractivity contribution in [2.45, 2.75) is 46.1 Å². The Morgan fingerprint density at radius 2 is 2.05 bits per heavy atom. The van der Waals surface area contributed by atoms with Crippen molar-refractivity contribution in [1.82, 2.24) is 4.98 Å². The largest absolute Gasteiger partial charge is 0.481 e. The molecule has 112 valence electrons. The fourth-order valence-corrected chi connectivity index (χ4v) is 1.94. The van der Waals surface area contributed by atoms with Crippen LogP contribution in [0.2, 0.25) is 0 Å². The van der Waals surface area contributed by atoms with Crippen LogP contribution in [-0.4, -0.2) is 23.1 Å². The van der Waals surface area contributed by atoms with Crippen molar-refractivity contribution in [2.24, 2.45) is 5.92 Å². The van der Waals surface area contributed by atoms with Gasteiger partial charge in [0.05, 0.1) is 12.0 Å². The summed E-state index contributed by atoms with van der Waals surface area (Å²) in [7, 11) is 1.49.